The van der Waals surface area contributed by atoms with E-state index in [1.54, 1.807) is 12.2 Å². The summed E-state index contributed by atoms with van der Waals surface area (Å²) < 4.78 is 36.5. The van der Waals surface area contributed by atoms with E-state index in [2.05, 4.69) is 48.7 Å². The zero-order valence-electron chi connectivity index (χ0n) is 17.4. The van der Waals surface area contributed by atoms with Gasteiger partial charge in [0.1, 0.15) is 18.0 Å². The third kappa shape index (κ3) is 4.21. The van der Waals surface area contributed by atoms with Crippen LogP contribution < -0.4 is 5.32 Å². The van der Waals surface area contributed by atoms with E-state index in [1.807, 2.05) is 23.3 Å². The molecule has 0 unspecified atom stereocenters. The van der Waals surface area contributed by atoms with Crippen LogP contribution in [0.1, 0.15) is 24.4 Å². The summed E-state index contributed by atoms with van der Waals surface area (Å²) in [4.78, 5) is 7.70. The lowest BCUT2D eigenvalue weighted by molar-refractivity contribution is -0.334. The number of hydrogen-bond acceptors (Lipinski definition) is 5. The summed E-state index contributed by atoms with van der Waals surface area (Å²) >= 11 is 0. The summed E-state index contributed by atoms with van der Waals surface area (Å²) in [5.74, 6) is 0.0627. The molecular weight excluding hydrogens is 416 g/mol. The molecule has 0 aromatic carbocycles. The van der Waals surface area contributed by atoms with Gasteiger partial charge in [-0.1, -0.05) is 18.7 Å². The highest BCUT2D eigenvalue weighted by atomic mass is 19.3. The van der Waals surface area contributed by atoms with Gasteiger partial charge in [-0.05, 0) is 43.6 Å². The summed E-state index contributed by atoms with van der Waals surface area (Å²) in [7, 11) is 0. The fourth-order valence-corrected chi connectivity index (χ4v) is 4.00. The van der Waals surface area contributed by atoms with Gasteiger partial charge in [-0.15, -0.1) is 8.78 Å². The van der Waals surface area contributed by atoms with E-state index in [-0.39, 0.29) is 12.4 Å². The SMILES string of the molecule is C=C(/C=C\C=C1/COC(F)(F)O1)c1c[nH]c2ncc(-c3cnn(C4CCNCC4)c3)cc12. The van der Waals surface area contributed by atoms with Crippen LogP contribution in [0.5, 0.6) is 0 Å². The molecule has 0 spiro atoms. The van der Waals surface area contributed by atoms with Gasteiger partial charge in [-0.2, -0.15) is 5.10 Å². The zero-order chi connectivity index (χ0) is 22.1. The fourth-order valence-electron chi connectivity index (χ4n) is 4.00. The number of ether oxygens (including phenoxy) is 2. The normalized spacial score (nSPS) is 20.4. The molecule has 0 amide bonds. The lowest BCUT2D eigenvalue weighted by atomic mass is 10.0. The molecule has 2 N–H and O–H groups in total. The summed E-state index contributed by atoms with van der Waals surface area (Å²) in [6, 6.07) is 2.47. The molecule has 2 aliphatic heterocycles. The van der Waals surface area contributed by atoms with E-state index < -0.39 is 6.29 Å². The highest BCUT2D eigenvalue weighted by Crippen LogP contribution is 2.30. The van der Waals surface area contributed by atoms with Crippen LogP contribution in [-0.2, 0) is 9.47 Å². The van der Waals surface area contributed by atoms with Gasteiger partial charge in [0, 0.05) is 40.7 Å². The van der Waals surface area contributed by atoms with Gasteiger partial charge in [0.25, 0.3) is 0 Å². The van der Waals surface area contributed by atoms with Crippen molar-refractivity contribution < 1.29 is 18.3 Å². The third-order valence-electron chi connectivity index (χ3n) is 5.71. The smallest absolute Gasteiger partial charge is 0.411 e. The predicted octanol–water partition coefficient (Wildman–Crippen LogP) is 4.40. The van der Waals surface area contributed by atoms with Crippen molar-refractivity contribution in [1.29, 1.82) is 0 Å². The van der Waals surface area contributed by atoms with Crippen LogP contribution >= 0.6 is 0 Å². The number of nitrogens with zero attached hydrogens (tertiary/aromatic N) is 3. The number of H-pyrrole nitrogens is 1. The summed E-state index contributed by atoms with van der Waals surface area (Å²) in [6.45, 7) is 5.85. The number of aromatic nitrogens is 4. The lowest BCUT2D eigenvalue weighted by Gasteiger charge is -2.22. The quantitative estimate of drug-likeness (QED) is 0.577. The van der Waals surface area contributed by atoms with Crippen molar-refractivity contribution in [1.82, 2.24) is 25.1 Å². The average Bonchev–Trinajstić information content (AvgIpc) is 3.52. The third-order valence-corrected chi connectivity index (χ3v) is 5.71. The minimum atomic E-state index is -3.56. The molecule has 0 saturated carbocycles. The Kier molecular flexibility index (Phi) is 5.36. The average molecular weight is 439 g/mol. The molecule has 5 rings (SSSR count). The number of pyridine rings is 1. The second-order valence-corrected chi connectivity index (χ2v) is 7.88. The van der Waals surface area contributed by atoms with Crippen molar-refractivity contribution in [3.05, 3.63) is 67.0 Å². The Morgan fingerprint density at radius 2 is 2.09 bits per heavy atom. The number of alkyl halides is 2. The second kappa shape index (κ2) is 8.33. The van der Waals surface area contributed by atoms with Crippen LogP contribution in [-0.4, -0.2) is 45.7 Å². The number of nitrogens with one attached hydrogen (secondary N) is 2. The fraction of sp³-hybridized carbons (Fsp3) is 0.304. The number of hydrogen-bond donors (Lipinski definition) is 2. The van der Waals surface area contributed by atoms with Crippen molar-refractivity contribution in [2.24, 2.45) is 0 Å². The van der Waals surface area contributed by atoms with E-state index in [1.165, 1.54) is 6.08 Å². The first-order chi connectivity index (χ1) is 15.5. The van der Waals surface area contributed by atoms with E-state index in [9.17, 15) is 8.78 Å². The van der Waals surface area contributed by atoms with E-state index in [0.717, 1.165) is 53.7 Å². The highest BCUT2D eigenvalue weighted by molar-refractivity contribution is 5.94. The standard InChI is InChI=1S/C23H23F2N5O2/c1-15(3-2-4-19-14-31-23(24,25)32-19)21-12-28-22-20(21)9-16(10-27-22)17-11-29-30(13-17)18-5-7-26-8-6-18/h2-4,9-13,18,26H,1,5-8,14H2,(H,27,28)/b3-2-,19-4+. The van der Waals surface area contributed by atoms with Crippen molar-refractivity contribution in [2.75, 3.05) is 19.7 Å². The Hall–Kier alpha value is -3.30. The Balaban J connectivity index is 1.36. The molecule has 7 nitrogen and oxygen atoms in total. The van der Waals surface area contributed by atoms with Gasteiger partial charge < -0.3 is 15.0 Å². The molecule has 166 valence electrons. The van der Waals surface area contributed by atoms with Crippen LogP contribution in [0.25, 0.3) is 27.7 Å². The molecule has 0 aliphatic carbocycles. The summed E-state index contributed by atoms with van der Waals surface area (Å²) in [5.41, 5.74) is 4.31. The van der Waals surface area contributed by atoms with Crippen LogP contribution in [0.4, 0.5) is 8.78 Å². The maximum atomic E-state index is 12.9. The van der Waals surface area contributed by atoms with Crippen LogP contribution in [0.3, 0.4) is 0 Å². The van der Waals surface area contributed by atoms with Crippen molar-refractivity contribution in [3.8, 4) is 11.1 Å². The lowest BCUT2D eigenvalue weighted by Crippen LogP contribution is -2.29. The molecule has 0 radical (unpaired) electrons. The molecule has 0 bridgehead atoms. The van der Waals surface area contributed by atoms with Crippen LogP contribution in [0.15, 0.2) is 61.4 Å². The molecule has 3 aromatic heterocycles. The first-order valence-corrected chi connectivity index (χ1v) is 10.5. The topological polar surface area (TPSA) is 77.0 Å². The molecular formula is C23H23F2N5O2. The number of aromatic amines is 1. The number of halogens is 2. The molecule has 2 saturated heterocycles. The maximum absolute atomic E-state index is 12.9. The Morgan fingerprint density at radius 3 is 2.88 bits per heavy atom. The minimum Gasteiger partial charge on any atom is -0.411 e. The number of piperidine rings is 1. The first kappa shape index (κ1) is 20.6. The molecule has 2 aliphatic rings. The summed E-state index contributed by atoms with van der Waals surface area (Å²) in [5, 5.41) is 8.87. The first-order valence-electron chi connectivity index (χ1n) is 10.5. The largest absolute Gasteiger partial charge is 0.535 e. The van der Waals surface area contributed by atoms with Gasteiger partial charge in [0.05, 0.1) is 12.2 Å². The highest BCUT2D eigenvalue weighted by Gasteiger charge is 2.40. The van der Waals surface area contributed by atoms with Gasteiger partial charge >= 0.3 is 6.29 Å². The van der Waals surface area contributed by atoms with Gasteiger partial charge in [0.2, 0.25) is 0 Å². The number of allylic oxidation sites excluding steroid dienone is 4. The predicted molar refractivity (Wildman–Crippen MR) is 117 cm³/mol. The summed E-state index contributed by atoms with van der Waals surface area (Å²) in [6.07, 6.45) is 11.0. The van der Waals surface area contributed by atoms with Crippen molar-refractivity contribution in [2.45, 2.75) is 25.2 Å². The molecule has 2 fully saturated rings. The number of rotatable bonds is 5. The maximum Gasteiger partial charge on any atom is 0.535 e. The molecule has 32 heavy (non-hydrogen) atoms. The molecule has 5 heterocycles. The minimum absolute atomic E-state index is 0.0627. The van der Waals surface area contributed by atoms with Crippen molar-refractivity contribution >= 4 is 16.6 Å². The second-order valence-electron chi connectivity index (χ2n) is 7.88. The number of fused-ring (bicyclic) bond motifs is 1. The molecule has 0 atom stereocenters. The van der Waals surface area contributed by atoms with Crippen LogP contribution in [0, 0.1) is 0 Å². The Morgan fingerprint density at radius 1 is 1.25 bits per heavy atom. The Bertz CT molecular complexity index is 1200. The monoisotopic (exact) mass is 439 g/mol. The van der Waals surface area contributed by atoms with E-state index in [0.29, 0.717) is 11.6 Å². The van der Waals surface area contributed by atoms with Gasteiger partial charge in [-0.3, -0.25) is 9.42 Å². The Labute approximate surface area is 183 Å². The van der Waals surface area contributed by atoms with E-state index >= 15 is 0 Å². The molecule has 9 heteroatoms. The molecule has 3 aromatic rings. The van der Waals surface area contributed by atoms with Crippen LogP contribution in [0.2, 0.25) is 0 Å². The zero-order valence-corrected chi connectivity index (χ0v) is 17.4. The van der Waals surface area contributed by atoms with Gasteiger partial charge in [-0.25, -0.2) is 4.98 Å². The van der Waals surface area contributed by atoms with E-state index in [4.69, 9.17) is 0 Å². The van der Waals surface area contributed by atoms with Crippen molar-refractivity contribution in [3.63, 3.8) is 0 Å². The van der Waals surface area contributed by atoms with Gasteiger partial charge in [0.15, 0.2) is 0 Å².